The van der Waals surface area contributed by atoms with Gasteiger partial charge in [0.25, 0.3) is 5.56 Å². The zero-order valence-electron chi connectivity index (χ0n) is 11.8. The van der Waals surface area contributed by atoms with E-state index in [4.69, 9.17) is 0 Å². The summed E-state index contributed by atoms with van der Waals surface area (Å²) in [5, 5.41) is 0. The van der Waals surface area contributed by atoms with Gasteiger partial charge in [-0.15, -0.1) is 0 Å². The Bertz CT molecular complexity index is 528. The lowest BCUT2D eigenvalue weighted by atomic mass is 10.1. The molecule has 1 aromatic heterocycles. The van der Waals surface area contributed by atoms with Gasteiger partial charge in [0.2, 0.25) is 0 Å². The number of rotatable bonds is 3. The molecule has 2 rings (SSSR count). The Labute approximate surface area is 113 Å². The number of nitrogens with zero attached hydrogens (tertiary/aromatic N) is 3. The Morgan fingerprint density at radius 2 is 1.89 bits per heavy atom. The third-order valence-corrected chi connectivity index (χ3v) is 3.80. The molecule has 0 radical (unpaired) electrons. The second kappa shape index (κ2) is 5.57. The van der Waals surface area contributed by atoms with E-state index in [9.17, 15) is 9.59 Å². The number of hydrogen-bond acceptors (Lipinski definition) is 4. The zero-order valence-corrected chi connectivity index (χ0v) is 11.8. The molecule has 1 aliphatic heterocycles. The van der Waals surface area contributed by atoms with E-state index in [0.717, 1.165) is 37.6 Å². The molecule has 0 aliphatic carbocycles. The van der Waals surface area contributed by atoms with Crippen molar-refractivity contribution in [3.63, 3.8) is 0 Å². The Balaban J connectivity index is 2.46. The summed E-state index contributed by atoms with van der Waals surface area (Å²) in [6, 6.07) is 1.96. The monoisotopic (exact) mass is 263 g/mol. The van der Waals surface area contributed by atoms with Gasteiger partial charge in [-0.3, -0.25) is 9.59 Å². The van der Waals surface area contributed by atoms with Crippen molar-refractivity contribution in [1.29, 1.82) is 0 Å². The number of aryl methyl sites for hydroxylation is 1. The van der Waals surface area contributed by atoms with Gasteiger partial charge in [0.1, 0.15) is 5.56 Å². The SMILES string of the molecule is CCn1c(C)cc(N2CCN(C)CC2)c(C=O)c1=O. The average Bonchev–Trinajstić information content (AvgIpc) is 2.39. The van der Waals surface area contributed by atoms with E-state index in [0.29, 0.717) is 12.8 Å². The largest absolute Gasteiger partial charge is 0.368 e. The van der Waals surface area contributed by atoms with Gasteiger partial charge in [0.05, 0.1) is 5.69 Å². The minimum atomic E-state index is -0.175. The van der Waals surface area contributed by atoms with Crippen molar-refractivity contribution in [2.24, 2.45) is 0 Å². The normalized spacial score (nSPS) is 16.7. The fourth-order valence-corrected chi connectivity index (χ4v) is 2.58. The molecule has 0 unspecified atom stereocenters. The van der Waals surface area contributed by atoms with Crippen LogP contribution in [0.2, 0.25) is 0 Å². The Morgan fingerprint density at radius 1 is 1.26 bits per heavy atom. The number of carbonyl (C=O) groups is 1. The van der Waals surface area contributed by atoms with Crippen molar-refractivity contribution in [3.05, 3.63) is 27.7 Å². The summed E-state index contributed by atoms with van der Waals surface area (Å²) in [7, 11) is 2.08. The number of carbonyl (C=O) groups excluding carboxylic acids is 1. The van der Waals surface area contributed by atoms with Crippen LogP contribution in [0.3, 0.4) is 0 Å². The topological polar surface area (TPSA) is 45.5 Å². The molecule has 5 heteroatoms. The maximum Gasteiger partial charge on any atom is 0.263 e. The highest BCUT2D eigenvalue weighted by Crippen LogP contribution is 2.19. The van der Waals surface area contributed by atoms with Gasteiger partial charge in [-0.1, -0.05) is 0 Å². The predicted molar refractivity (Wildman–Crippen MR) is 76.2 cm³/mol. The first kappa shape index (κ1) is 13.8. The Kier molecular flexibility index (Phi) is 4.04. The molecule has 0 bridgehead atoms. The highest BCUT2D eigenvalue weighted by molar-refractivity contribution is 5.84. The lowest BCUT2D eigenvalue weighted by Gasteiger charge is -2.34. The average molecular weight is 263 g/mol. The summed E-state index contributed by atoms with van der Waals surface area (Å²) in [6.07, 6.45) is 0.696. The highest BCUT2D eigenvalue weighted by atomic mass is 16.1. The quantitative estimate of drug-likeness (QED) is 0.755. The standard InChI is InChI=1S/C14H21N3O2/c1-4-17-11(2)9-13(12(10-18)14(17)19)16-7-5-15(3)6-8-16/h9-10H,4-8H2,1-3H3. The van der Waals surface area contributed by atoms with Crippen molar-refractivity contribution in [2.75, 3.05) is 38.1 Å². The summed E-state index contributed by atoms with van der Waals surface area (Å²) in [6.45, 7) is 8.03. The third kappa shape index (κ3) is 2.56. The molecule has 0 aromatic carbocycles. The highest BCUT2D eigenvalue weighted by Gasteiger charge is 2.20. The predicted octanol–water partition coefficient (Wildman–Crippen LogP) is 0.741. The molecule has 0 spiro atoms. The van der Waals surface area contributed by atoms with E-state index >= 15 is 0 Å². The molecule has 1 fully saturated rings. The van der Waals surface area contributed by atoms with E-state index in [1.165, 1.54) is 0 Å². The van der Waals surface area contributed by atoms with E-state index in [1.54, 1.807) is 4.57 Å². The molecular formula is C14H21N3O2. The van der Waals surface area contributed by atoms with Crippen molar-refractivity contribution >= 4 is 12.0 Å². The summed E-state index contributed by atoms with van der Waals surface area (Å²) < 4.78 is 1.64. The van der Waals surface area contributed by atoms with Crippen LogP contribution >= 0.6 is 0 Å². The van der Waals surface area contributed by atoms with Crippen LogP contribution in [0.15, 0.2) is 10.9 Å². The molecular weight excluding hydrogens is 242 g/mol. The fourth-order valence-electron chi connectivity index (χ4n) is 2.58. The number of aromatic nitrogens is 1. The first-order valence-electron chi connectivity index (χ1n) is 6.71. The molecule has 1 aromatic rings. The molecule has 19 heavy (non-hydrogen) atoms. The molecule has 0 atom stereocenters. The number of piperazine rings is 1. The molecule has 104 valence electrons. The summed E-state index contributed by atoms with van der Waals surface area (Å²) in [5.41, 5.74) is 1.81. The smallest absolute Gasteiger partial charge is 0.263 e. The van der Waals surface area contributed by atoms with Crippen LogP contribution in [0.1, 0.15) is 23.0 Å². The van der Waals surface area contributed by atoms with Gasteiger partial charge in [0.15, 0.2) is 6.29 Å². The van der Waals surface area contributed by atoms with Gasteiger partial charge in [-0.05, 0) is 27.0 Å². The molecule has 1 saturated heterocycles. The maximum absolute atomic E-state index is 12.3. The van der Waals surface area contributed by atoms with Gasteiger partial charge >= 0.3 is 0 Å². The molecule has 5 nitrogen and oxygen atoms in total. The Morgan fingerprint density at radius 3 is 2.42 bits per heavy atom. The van der Waals surface area contributed by atoms with Crippen LogP contribution in [-0.2, 0) is 6.54 Å². The molecule has 0 amide bonds. The summed E-state index contributed by atoms with van der Waals surface area (Å²) in [4.78, 5) is 27.9. The first-order valence-corrected chi connectivity index (χ1v) is 6.71. The van der Waals surface area contributed by atoms with Crippen LogP contribution in [0.5, 0.6) is 0 Å². The molecule has 0 N–H and O–H groups in total. The number of pyridine rings is 1. The Hall–Kier alpha value is -1.62. The lowest BCUT2D eigenvalue weighted by molar-refractivity contribution is 0.112. The van der Waals surface area contributed by atoms with Crippen molar-refractivity contribution in [1.82, 2.24) is 9.47 Å². The van der Waals surface area contributed by atoms with Crippen molar-refractivity contribution in [3.8, 4) is 0 Å². The van der Waals surface area contributed by atoms with Crippen molar-refractivity contribution in [2.45, 2.75) is 20.4 Å². The number of aldehydes is 1. The van der Waals surface area contributed by atoms with Crippen LogP contribution in [0.25, 0.3) is 0 Å². The van der Waals surface area contributed by atoms with E-state index in [-0.39, 0.29) is 11.1 Å². The number of hydrogen-bond donors (Lipinski definition) is 0. The van der Waals surface area contributed by atoms with Gasteiger partial charge in [0, 0.05) is 38.4 Å². The first-order chi connectivity index (χ1) is 9.08. The van der Waals surface area contributed by atoms with Gasteiger partial charge in [-0.25, -0.2) is 0 Å². The zero-order chi connectivity index (χ0) is 14.0. The van der Waals surface area contributed by atoms with E-state index < -0.39 is 0 Å². The summed E-state index contributed by atoms with van der Waals surface area (Å²) >= 11 is 0. The minimum Gasteiger partial charge on any atom is -0.368 e. The second-order valence-corrected chi connectivity index (χ2v) is 5.04. The summed E-state index contributed by atoms with van der Waals surface area (Å²) in [5.74, 6) is 0. The fraction of sp³-hybridized carbons (Fsp3) is 0.571. The van der Waals surface area contributed by atoms with Gasteiger partial charge in [-0.2, -0.15) is 0 Å². The van der Waals surface area contributed by atoms with E-state index in [2.05, 4.69) is 16.8 Å². The molecule has 0 saturated carbocycles. The lowest BCUT2D eigenvalue weighted by Crippen LogP contribution is -2.45. The second-order valence-electron chi connectivity index (χ2n) is 5.04. The van der Waals surface area contributed by atoms with Crippen LogP contribution in [0, 0.1) is 6.92 Å². The molecule has 1 aliphatic rings. The van der Waals surface area contributed by atoms with Crippen LogP contribution in [0.4, 0.5) is 5.69 Å². The van der Waals surface area contributed by atoms with E-state index in [1.807, 2.05) is 19.9 Å². The number of anilines is 1. The minimum absolute atomic E-state index is 0.175. The van der Waals surface area contributed by atoms with Crippen molar-refractivity contribution < 1.29 is 4.79 Å². The maximum atomic E-state index is 12.3. The molecule has 2 heterocycles. The number of likely N-dealkylation sites (N-methyl/N-ethyl adjacent to an activating group) is 1. The van der Waals surface area contributed by atoms with Crippen LogP contribution in [-0.4, -0.2) is 49.0 Å². The third-order valence-electron chi connectivity index (χ3n) is 3.80. The van der Waals surface area contributed by atoms with Crippen LogP contribution < -0.4 is 10.5 Å². The van der Waals surface area contributed by atoms with Gasteiger partial charge < -0.3 is 14.4 Å².